The molecule has 5 nitrogen and oxygen atoms in total. The Balaban J connectivity index is 1.94. The van der Waals surface area contributed by atoms with E-state index in [0.717, 1.165) is 32.4 Å². The van der Waals surface area contributed by atoms with Crippen molar-refractivity contribution in [3.8, 4) is 0 Å². The molecule has 0 unspecified atom stereocenters. The molecule has 0 aromatic heterocycles. The van der Waals surface area contributed by atoms with Crippen LogP contribution < -0.4 is 5.32 Å². The Labute approximate surface area is 115 Å². The molecule has 2 heterocycles. The Bertz CT molecular complexity index is 332. The summed E-state index contributed by atoms with van der Waals surface area (Å²) in [6.45, 7) is 8.59. The van der Waals surface area contributed by atoms with Crippen molar-refractivity contribution in [2.45, 2.75) is 51.7 Å². The van der Waals surface area contributed by atoms with Crippen molar-refractivity contribution in [2.75, 3.05) is 26.2 Å². The Kier molecular flexibility index (Phi) is 4.06. The molecule has 5 heteroatoms. The maximum absolute atomic E-state index is 12.0. The molecule has 1 spiro atoms. The van der Waals surface area contributed by atoms with Crippen LogP contribution in [0.3, 0.4) is 0 Å². The lowest BCUT2D eigenvalue weighted by molar-refractivity contribution is -0.0664. The maximum atomic E-state index is 12.0. The summed E-state index contributed by atoms with van der Waals surface area (Å²) >= 11 is 0. The molecule has 2 saturated heterocycles. The molecule has 0 aromatic rings. The van der Waals surface area contributed by atoms with Crippen molar-refractivity contribution >= 4 is 6.09 Å². The molecule has 19 heavy (non-hydrogen) atoms. The van der Waals surface area contributed by atoms with E-state index in [-0.39, 0.29) is 11.5 Å². The van der Waals surface area contributed by atoms with Gasteiger partial charge in [-0.3, -0.25) is 0 Å². The lowest BCUT2D eigenvalue weighted by Gasteiger charge is -2.47. The molecular weight excluding hydrogens is 244 g/mol. The monoisotopic (exact) mass is 270 g/mol. The average molecular weight is 270 g/mol. The van der Waals surface area contributed by atoms with E-state index < -0.39 is 11.7 Å². The van der Waals surface area contributed by atoms with Gasteiger partial charge in [0, 0.05) is 12.0 Å². The molecule has 0 aromatic carbocycles. The Morgan fingerprint density at radius 1 is 1.32 bits per heavy atom. The van der Waals surface area contributed by atoms with Crippen LogP contribution in [0.4, 0.5) is 4.79 Å². The number of rotatable bonds is 0. The van der Waals surface area contributed by atoms with Crippen molar-refractivity contribution in [2.24, 2.45) is 5.41 Å². The number of hydrogen-bond donors (Lipinski definition) is 2. The van der Waals surface area contributed by atoms with Gasteiger partial charge in [-0.2, -0.15) is 0 Å². The van der Waals surface area contributed by atoms with Gasteiger partial charge in [-0.05, 0) is 53.1 Å². The van der Waals surface area contributed by atoms with Gasteiger partial charge in [-0.25, -0.2) is 4.79 Å². The van der Waals surface area contributed by atoms with Gasteiger partial charge in [0.2, 0.25) is 0 Å². The van der Waals surface area contributed by atoms with Crippen LogP contribution in [0.15, 0.2) is 0 Å². The molecule has 0 radical (unpaired) electrons. The Morgan fingerprint density at radius 2 is 1.95 bits per heavy atom. The third-order valence-electron chi connectivity index (χ3n) is 4.23. The first-order valence-corrected chi connectivity index (χ1v) is 7.19. The second kappa shape index (κ2) is 5.29. The molecule has 110 valence electrons. The molecule has 2 aliphatic heterocycles. The average Bonchev–Trinajstić information content (AvgIpc) is 2.32. The lowest BCUT2D eigenvalue weighted by Crippen LogP contribution is -2.56. The first kappa shape index (κ1) is 14.6. The minimum atomic E-state index is -0.480. The quantitative estimate of drug-likeness (QED) is 0.697. The topological polar surface area (TPSA) is 61.8 Å². The largest absolute Gasteiger partial charge is 0.444 e. The van der Waals surface area contributed by atoms with E-state index in [0.29, 0.717) is 13.1 Å². The normalized spacial score (nSPS) is 27.4. The fourth-order valence-corrected chi connectivity index (χ4v) is 3.02. The SMILES string of the molecule is CC(C)(C)OC(=O)N1CCC2(CCNCC2)[C@@H](O)C1. The van der Waals surface area contributed by atoms with Gasteiger partial charge >= 0.3 is 6.09 Å². The van der Waals surface area contributed by atoms with Gasteiger partial charge in [0.25, 0.3) is 0 Å². The summed E-state index contributed by atoms with van der Waals surface area (Å²) < 4.78 is 5.36. The number of carbonyl (C=O) groups is 1. The highest BCUT2D eigenvalue weighted by Gasteiger charge is 2.44. The summed E-state index contributed by atoms with van der Waals surface area (Å²) in [6, 6.07) is 0. The first-order valence-electron chi connectivity index (χ1n) is 7.19. The van der Waals surface area contributed by atoms with E-state index in [1.54, 1.807) is 4.90 Å². The number of piperidine rings is 2. The number of amides is 1. The second-order valence-electron chi connectivity index (χ2n) is 6.80. The van der Waals surface area contributed by atoms with Crippen LogP contribution in [0.5, 0.6) is 0 Å². The van der Waals surface area contributed by atoms with Gasteiger partial charge in [-0.15, -0.1) is 0 Å². The van der Waals surface area contributed by atoms with E-state index in [9.17, 15) is 9.90 Å². The number of aliphatic hydroxyl groups excluding tert-OH is 1. The predicted molar refractivity (Wildman–Crippen MR) is 73.0 cm³/mol. The van der Waals surface area contributed by atoms with E-state index in [4.69, 9.17) is 4.74 Å². The molecule has 1 atom stereocenters. The maximum Gasteiger partial charge on any atom is 0.410 e. The smallest absolute Gasteiger partial charge is 0.410 e. The number of carbonyl (C=O) groups excluding carboxylic acids is 1. The molecule has 0 bridgehead atoms. The van der Waals surface area contributed by atoms with Gasteiger partial charge in [0.05, 0.1) is 12.6 Å². The molecule has 0 saturated carbocycles. The third kappa shape index (κ3) is 3.39. The van der Waals surface area contributed by atoms with Crippen LogP contribution in [0.1, 0.15) is 40.0 Å². The summed E-state index contributed by atoms with van der Waals surface area (Å²) in [5, 5.41) is 13.8. The van der Waals surface area contributed by atoms with Crippen LogP contribution in [0, 0.1) is 5.41 Å². The van der Waals surface area contributed by atoms with E-state index in [1.807, 2.05) is 20.8 Å². The number of β-amino-alcohol motifs (C(OH)–C–C–N with tert-alkyl or cyclic N) is 1. The molecule has 2 fully saturated rings. The molecule has 1 amide bonds. The molecule has 0 aliphatic carbocycles. The van der Waals surface area contributed by atoms with E-state index >= 15 is 0 Å². The van der Waals surface area contributed by atoms with Crippen LogP contribution in [0.2, 0.25) is 0 Å². The number of nitrogens with one attached hydrogen (secondary N) is 1. The number of aliphatic hydroxyl groups is 1. The predicted octanol–water partition coefficient (Wildman–Crippen LogP) is 1.36. The zero-order chi connectivity index (χ0) is 14.1. The van der Waals surface area contributed by atoms with E-state index in [2.05, 4.69) is 5.32 Å². The van der Waals surface area contributed by atoms with Gasteiger partial charge < -0.3 is 20.1 Å². The van der Waals surface area contributed by atoms with Crippen molar-refractivity contribution < 1.29 is 14.6 Å². The zero-order valence-electron chi connectivity index (χ0n) is 12.2. The molecule has 2 aliphatic rings. The highest BCUT2D eigenvalue weighted by atomic mass is 16.6. The fourth-order valence-electron chi connectivity index (χ4n) is 3.02. The Morgan fingerprint density at radius 3 is 2.47 bits per heavy atom. The number of likely N-dealkylation sites (tertiary alicyclic amines) is 1. The number of hydrogen-bond acceptors (Lipinski definition) is 4. The van der Waals surface area contributed by atoms with Crippen molar-refractivity contribution in [3.63, 3.8) is 0 Å². The van der Waals surface area contributed by atoms with Gasteiger partial charge in [-0.1, -0.05) is 0 Å². The summed E-state index contributed by atoms with van der Waals surface area (Å²) in [7, 11) is 0. The highest BCUT2D eigenvalue weighted by molar-refractivity contribution is 5.68. The van der Waals surface area contributed by atoms with Crippen LogP contribution in [-0.4, -0.2) is 54.0 Å². The number of ether oxygens (including phenoxy) is 1. The molecule has 2 N–H and O–H groups in total. The van der Waals surface area contributed by atoms with Gasteiger partial charge in [0.15, 0.2) is 0 Å². The minimum absolute atomic E-state index is 0.00373. The molecule has 2 rings (SSSR count). The van der Waals surface area contributed by atoms with Crippen molar-refractivity contribution in [1.82, 2.24) is 10.2 Å². The van der Waals surface area contributed by atoms with Crippen LogP contribution >= 0.6 is 0 Å². The summed E-state index contributed by atoms with van der Waals surface area (Å²) in [6.07, 6.45) is 2.12. The second-order valence-corrected chi connectivity index (χ2v) is 6.80. The van der Waals surface area contributed by atoms with Crippen molar-refractivity contribution in [3.05, 3.63) is 0 Å². The summed E-state index contributed by atoms with van der Waals surface area (Å²) in [5.41, 5.74) is -0.476. The molecular formula is C14H26N2O3. The third-order valence-corrected chi connectivity index (χ3v) is 4.23. The highest BCUT2D eigenvalue weighted by Crippen LogP contribution is 2.39. The summed E-state index contributed by atoms with van der Waals surface area (Å²) in [4.78, 5) is 13.7. The Hall–Kier alpha value is -0.810. The standard InChI is InChI=1S/C14H26N2O3/c1-13(2,3)19-12(18)16-9-6-14(11(17)10-16)4-7-15-8-5-14/h11,15,17H,4-10H2,1-3H3/t11-/m0/s1. The van der Waals surface area contributed by atoms with Crippen molar-refractivity contribution in [1.29, 1.82) is 0 Å². The van der Waals surface area contributed by atoms with Gasteiger partial charge in [0.1, 0.15) is 5.60 Å². The van der Waals surface area contributed by atoms with Crippen LogP contribution in [-0.2, 0) is 4.74 Å². The summed E-state index contributed by atoms with van der Waals surface area (Å²) in [5.74, 6) is 0. The van der Waals surface area contributed by atoms with E-state index in [1.165, 1.54) is 0 Å². The first-order chi connectivity index (χ1) is 8.82. The lowest BCUT2D eigenvalue weighted by atomic mass is 9.70. The zero-order valence-corrected chi connectivity index (χ0v) is 12.2. The number of nitrogens with zero attached hydrogens (tertiary/aromatic N) is 1. The fraction of sp³-hybridized carbons (Fsp3) is 0.929. The minimum Gasteiger partial charge on any atom is -0.444 e. The van der Waals surface area contributed by atoms with Crippen LogP contribution in [0.25, 0.3) is 0 Å².